The van der Waals surface area contributed by atoms with Crippen molar-refractivity contribution in [2.24, 2.45) is 0 Å². The second-order valence-electron chi connectivity index (χ2n) is 4.26. The largest absolute Gasteiger partial charge is 0.493 e. The van der Waals surface area contributed by atoms with Crippen molar-refractivity contribution in [3.63, 3.8) is 0 Å². The molecule has 0 fully saturated rings. The van der Waals surface area contributed by atoms with E-state index >= 15 is 0 Å². The average Bonchev–Trinajstić information content (AvgIpc) is 2.85. The monoisotopic (exact) mass is 352 g/mol. The Morgan fingerprint density at radius 1 is 1.28 bits per heavy atom. The third kappa shape index (κ3) is 2.58. The molecular weight excluding hydrogens is 339 g/mol. The van der Waals surface area contributed by atoms with Crippen LogP contribution >= 0.6 is 22.6 Å². The van der Waals surface area contributed by atoms with Crippen LogP contribution in [0.1, 0.15) is 11.1 Å². The predicted octanol–water partition coefficient (Wildman–Crippen LogP) is 3.23. The number of aromatic nitrogens is 1. The zero-order valence-corrected chi connectivity index (χ0v) is 12.0. The first-order valence-corrected chi connectivity index (χ1v) is 6.99. The maximum absolute atomic E-state index is 5.50. The van der Waals surface area contributed by atoms with E-state index in [9.17, 15) is 0 Å². The lowest BCUT2D eigenvalue weighted by molar-refractivity contribution is 0.357. The lowest BCUT2D eigenvalue weighted by Gasteiger charge is -2.07. The number of pyridine rings is 1. The van der Waals surface area contributed by atoms with Crippen molar-refractivity contribution >= 4 is 28.4 Å². The van der Waals surface area contributed by atoms with Crippen LogP contribution < -0.4 is 10.1 Å². The average molecular weight is 352 g/mol. The van der Waals surface area contributed by atoms with Crippen molar-refractivity contribution in [3.05, 3.63) is 51.2 Å². The SMILES string of the molecule is Ic1ccc(NCc2ccc3c(c2)CCO3)nc1. The maximum atomic E-state index is 5.50. The second-order valence-corrected chi connectivity index (χ2v) is 5.50. The zero-order chi connectivity index (χ0) is 12.4. The summed E-state index contributed by atoms with van der Waals surface area (Å²) in [7, 11) is 0. The highest BCUT2D eigenvalue weighted by Crippen LogP contribution is 2.26. The number of rotatable bonds is 3. The van der Waals surface area contributed by atoms with Gasteiger partial charge in [0, 0.05) is 22.7 Å². The first-order valence-electron chi connectivity index (χ1n) is 5.91. The third-order valence-corrected chi connectivity index (χ3v) is 3.59. The van der Waals surface area contributed by atoms with Gasteiger partial charge in [0.2, 0.25) is 0 Å². The van der Waals surface area contributed by atoms with Gasteiger partial charge in [0.15, 0.2) is 0 Å². The molecule has 2 aromatic rings. The summed E-state index contributed by atoms with van der Waals surface area (Å²) in [6, 6.07) is 10.4. The van der Waals surface area contributed by atoms with Crippen molar-refractivity contribution in [3.8, 4) is 5.75 Å². The molecular formula is C14H13IN2O. The molecule has 1 aromatic heterocycles. The molecule has 0 saturated carbocycles. The van der Waals surface area contributed by atoms with Crippen molar-refractivity contribution in [2.45, 2.75) is 13.0 Å². The van der Waals surface area contributed by atoms with Gasteiger partial charge in [-0.3, -0.25) is 0 Å². The first-order chi connectivity index (χ1) is 8.81. The molecule has 4 heteroatoms. The molecule has 0 aliphatic carbocycles. The summed E-state index contributed by atoms with van der Waals surface area (Å²) in [5, 5.41) is 3.32. The number of nitrogens with zero attached hydrogens (tertiary/aromatic N) is 1. The van der Waals surface area contributed by atoms with E-state index < -0.39 is 0 Å². The lowest BCUT2D eigenvalue weighted by atomic mass is 10.1. The van der Waals surface area contributed by atoms with Crippen molar-refractivity contribution < 1.29 is 4.74 Å². The van der Waals surface area contributed by atoms with Crippen LogP contribution in [0.5, 0.6) is 5.75 Å². The Morgan fingerprint density at radius 3 is 3.06 bits per heavy atom. The second kappa shape index (κ2) is 5.14. The molecule has 0 bridgehead atoms. The Labute approximate surface area is 120 Å². The number of hydrogen-bond acceptors (Lipinski definition) is 3. The highest BCUT2D eigenvalue weighted by molar-refractivity contribution is 14.1. The van der Waals surface area contributed by atoms with Crippen LogP contribution in [0.25, 0.3) is 0 Å². The fraction of sp³-hybridized carbons (Fsp3) is 0.214. The summed E-state index contributed by atoms with van der Waals surface area (Å²) >= 11 is 2.25. The Hall–Kier alpha value is -1.30. The first kappa shape index (κ1) is 11.8. The molecule has 0 radical (unpaired) electrons. The number of nitrogens with one attached hydrogen (secondary N) is 1. The highest BCUT2D eigenvalue weighted by Gasteiger charge is 2.11. The molecule has 3 rings (SSSR count). The van der Waals surface area contributed by atoms with Gasteiger partial charge in [-0.15, -0.1) is 0 Å². The van der Waals surface area contributed by atoms with Gasteiger partial charge in [-0.05, 0) is 51.9 Å². The number of anilines is 1. The van der Waals surface area contributed by atoms with Crippen molar-refractivity contribution in [1.82, 2.24) is 4.98 Å². The van der Waals surface area contributed by atoms with Crippen LogP contribution in [0.15, 0.2) is 36.5 Å². The molecule has 1 aliphatic heterocycles. The Balaban J connectivity index is 1.68. The van der Waals surface area contributed by atoms with Gasteiger partial charge in [0.1, 0.15) is 11.6 Å². The van der Waals surface area contributed by atoms with Crippen LogP contribution in [-0.2, 0) is 13.0 Å². The quantitative estimate of drug-likeness (QED) is 0.862. The number of fused-ring (bicyclic) bond motifs is 1. The van der Waals surface area contributed by atoms with Crippen LogP contribution in [0.2, 0.25) is 0 Å². The van der Waals surface area contributed by atoms with E-state index in [1.165, 1.54) is 11.1 Å². The van der Waals surface area contributed by atoms with E-state index in [-0.39, 0.29) is 0 Å². The molecule has 1 aliphatic rings. The summed E-state index contributed by atoms with van der Waals surface area (Å²) in [6.07, 6.45) is 2.88. The van der Waals surface area contributed by atoms with E-state index in [0.29, 0.717) is 0 Å². The summed E-state index contributed by atoms with van der Waals surface area (Å²) < 4.78 is 6.64. The zero-order valence-electron chi connectivity index (χ0n) is 9.82. The highest BCUT2D eigenvalue weighted by atomic mass is 127. The fourth-order valence-corrected chi connectivity index (χ4v) is 2.34. The Bertz CT molecular complexity index is 554. The summed E-state index contributed by atoms with van der Waals surface area (Å²) in [5.41, 5.74) is 2.57. The summed E-state index contributed by atoms with van der Waals surface area (Å²) in [4.78, 5) is 4.32. The molecule has 3 nitrogen and oxygen atoms in total. The maximum Gasteiger partial charge on any atom is 0.126 e. The third-order valence-electron chi connectivity index (χ3n) is 2.95. The fourth-order valence-electron chi connectivity index (χ4n) is 2.02. The van der Waals surface area contributed by atoms with E-state index in [4.69, 9.17) is 4.74 Å². The van der Waals surface area contributed by atoms with Gasteiger partial charge in [-0.1, -0.05) is 12.1 Å². The van der Waals surface area contributed by atoms with Crippen molar-refractivity contribution in [2.75, 3.05) is 11.9 Å². The number of ether oxygens (including phenoxy) is 1. The predicted molar refractivity (Wildman–Crippen MR) is 79.9 cm³/mol. The molecule has 0 spiro atoms. The molecule has 1 N–H and O–H groups in total. The van der Waals surface area contributed by atoms with E-state index in [0.717, 1.165) is 34.7 Å². The minimum absolute atomic E-state index is 0.793. The number of halogens is 1. The standard InChI is InChI=1S/C14H13IN2O/c15-12-2-4-14(17-9-12)16-8-10-1-3-13-11(7-10)5-6-18-13/h1-4,7,9H,5-6,8H2,(H,16,17). The Kier molecular flexibility index (Phi) is 3.36. The topological polar surface area (TPSA) is 34.1 Å². The van der Waals surface area contributed by atoms with Gasteiger partial charge in [-0.2, -0.15) is 0 Å². The van der Waals surface area contributed by atoms with E-state index in [1.54, 1.807) is 0 Å². The van der Waals surface area contributed by atoms with Gasteiger partial charge in [0.25, 0.3) is 0 Å². The van der Waals surface area contributed by atoms with Gasteiger partial charge < -0.3 is 10.1 Å². The number of benzene rings is 1. The van der Waals surface area contributed by atoms with Crippen LogP contribution in [0.4, 0.5) is 5.82 Å². The molecule has 18 heavy (non-hydrogen) atoms. The molecule has 0 saturated heterocycles. The summed E-state index contributed by atoms with van der Waals surface area (Å²) in [5.74, 6) is 1.94. The number of hydrogen-bond donors (Lipinski definition) is 1. The summed E-state index contributed by atoms with van der Waals surface area (Å²) in [6.45, 7) is 1.60. The Morgan fingerprint density at radius 2 is 2.22 bits per heavy atom. The van der Waals surface area contributed by atoms with E-state index in [1.807, 2.05) is 18.3 Å². The van der Waals surface area contributed by atoms with Gasteiger partial charge >= 0.3 is 0 Å². The molecule has 0 unspecified atom stereocenters. The van der Waals surface area contributed by atoms with Crippen LogP contribution in [-0.4, -0.2) is 11.6 Å². The molecule has 0 atom stereocenters. The molecule has 2 heterocycles. The van der Waals surface area contributed by atoms with Crippen LogP contribution in [0, 0.1) is 3.57 Å². The normalized spacial score (nSPS) is 12.9. The molecule has 0 amide bonds. The minimum atomic E-state index is 0.793. The van der Waals surface area contributed by atoms with Gasteiger partial charge in [-0.25, -0.2) is 4.98 Å². The van der Waals surface area contributed by atoms with Crippen molar-refractivity contribution in [1.29, 1.82) is 0 Å². The lowest BCUT2D eigenvalue weighted by Crippen LogP contribution is -2.01. The smallest absolute Gasteiger partial charge is 0.126 e. The van der Waals surface area contributed by atoms with Gasteiger partial charge in [0.05, 0.1) is 6.61 Å². The van der Waals surface area contributed by atoms with E-state index in [2.05, 4.69) is 51.1 Å². The molecule has 92 valence electrons. The van der Waals surface area contributed by atoms with Crippen LogP contribution in [0.3, 0.4) is 0 Å². The minimum Gasteiger partial charge on any atom is -0.493 e. The molecule has 1 aromatic carbocycles.